The summed E-state index contributed by atoms with van der Waals surface area (Å²) in [6, 6.07) is 0. The summed E-state index contributed by atoms with van der Waals surface area (Å²) in [6.07, 6.45) is 4.44. The maximum atomic E-state index is 3.76. The standard InChI is InChI=1S/C9H17N/c1-4-6-8(5-2)9(3)7-10-9/h4,8,10H,1,5-7H2,2-3H3. The van der Waals surface area contributed by atoms with Gasteiger partial charge in [-0.2, -0.15) is 0 Å². The van der Waals surface area contributed by atoms with Crippen LogP contribution in [0.5, 0.6) is 0 Å². The van der Waals surface area contributed by atoms with Gasteiger partial charge in [-0.15, -0.1) is 6.58 Å². The molecule has 1 heterocycles. The molecule has 2 atom stereocenters. The SMILES string of the molecule is C=CCC(CC)C1(C)CN1. The van der Waals surface area contributed by atoms with Crippen LogP contribution in [0.4, 0.5) is 0 Å². The van der Waals surface area contributed by atoms with Crippen molar-refractivity contribution in [3.8, 4) is 0 Å². The van der Waals surface area contributed by atoms with E-state index in [4.69, 9.17) is 0 Å². The molecule has 2 unspecified atom stereocenters. The molecule has 0 aliphatic carbocycles. The van der Waals surface area contributed by atoms with Crippen molar-refractivity contribution in [3.05, 3.63) is 12.7 Å². The monoisotopic (exact) mass is 139 g/mol. The van der Waals surface area contributed by atoms with Gasteiger partial charge in [0.2, 0.25) is 0 Å². The summed E-state index contributed by atoms with van der Waals surface area (Å²) in [5, 5.41) is 3.40. The van der Waals surface area contributed by atoms with Crippen molar-refractivity contribution in [3.63, 3.8) is 0 Å². The Morgan fingerprint density at radius 1 is 1.80 bits per heavy atom. The molecule has 0 aromatic carbocycles. The molecule has 0 bridgehead atoms. The highest BCUT2D eigenvalue weighted by atomic mass is 15.2. The Balaban J connectivity index is 2.39. The highest BCUT2D eigenvalue weighted by molar-refractivity contribution is 5.05. The zero-order valence-corrected chi connectivity index (χ0v) is 6.98. The zero-order chi connectivity index (χ0) is 7.61. The van der Waals surface area contributed by atoms with Crippen molar-refractivity contribution < 1.29 is 0 Å². The summed E-state index contributed by atoms with van der Waals surface area (Å²) in [6.45, 7) is 9.50. The third-order valence-corrected chi connectivity index (χ3v) is 2.58. The van der Waals surface area contributed by atoms with Gasteiger partial charge in [0.15, 0.2) is 0 Å². The van der Waals surface area contributed by atoms with Crippen LogP contribution >= 0.6 is 0 Å². The van der Waals surface area contributed by atoms with Crippen LogP contribution in [0.3, 0.4) is 0 Å². The first-order valence-electron chi connectivity index (χ1n) is 4.09. The van der Waals surface area contributed by atoms with E-state index in [1.165, 1.54) is 13.0 Å². The van der Waals surface area contributed by atoms with Crippen molar-refractivity contribution in [2.45, 2.75) is 32.2 Å². The maximum Gasteiger partial charge on any atom is 0.0310 e. The van der Waals surface area contributed by atoms with Crippen molar-refractivity contribution in [1.82, 2.24) is 5.32 Å². The molecule has 0 saturated carbocycles. The maximum absolute atomic E-state index is 3.76. The molecule has 0 aromatic heterocycles. The lowest BCUT2D eigenvalue weighted by Gasteiger charge is -2.18. The lowest BCUT2D eigenvalue weighted by molar-refractivity contribution is 0.404. The Morgan fingerprint density at radius 3 is 2.70 bits per heavy atom. The zero-order valence-electron chi connectivity index (χ0n) is 6.98. The first-order valence-corrected chi connectivity index (χ1v) is 4.09. The van der Waals surface area contributed by atoms with E-state index in [1.54, 1.807) is 0 Å². The average Bonchev–Trinajstić information content (AvgIpc) is 2.64. The quantitative estimate of drug-likeness (QED) is 0.466. The van der Waals surface area contributed by atoms with Gasteiger partial charge < -0.3 is 5.32 Å². The second kappa shape index (κ2) is 2.75. The largest absolute Gasteiger partial charge is 0.308 e. The molecule has 1 fully saturated rings. The second-order valence-electron chi connectivity index (χ2n) is 3.40. The molecule has 0 radical (unpaired) electrons. The molecule has 1 nitrogen and oxygen atoms in total. The molecule has 1 aliphatic rings. The van der Waals surface area contributed by atoms with Crippen LogP contribution in [0, 0.1) is 5.92 Å². The smallest absolute Gasteiger partial charge is 0.0310 e. The minimum Gasteiger partial charge on any atom is -0.308 e. The predicted octanol–water partition coefficient (Wildman–Crippen LogP) is 1.95. The Hall–Kier alpha value is -0.300. The topological polar surface area (TPSA) is 21.9 Å². The summed E-state index contributed by atoms with van der Waals surface area (Å²) in [4.78, 5) is 0. The Labute approximate surface area is 63.5 Å². The van der Waals surface area contributed by atoms with Gasteiger partial charge in [-0.25, -0.2) is 0 Å². The highest BCUT2D eigenvalue weighted by Gasteiger charge is 2.42. The minimum absolute atomic E-state index is 0.447. The van der Waals surface area contributed by atoms with Gasteiger partial charge in [-0.05, 0) is 19.3 Å². The summed E-state index contributed by atoms with van der Waals surface area (Å²) in [7, 11) is 0. The summed E-state index contributed by atoms with van der Waals surface area (Å²) >= 11 is 0. The van der Waals surface area contributed by atoms with Crippen LogP contribution in [0.25, 0.3) is 0 Å². The third-order valence-electron chi connectivity index (χ3n) is 2.58. The molecule has 1 aliphatic heterocycles. The van der Waals surface area contributed by atoms with E-state index in [2.05, 4.69) is 25.7 Å². The van der Waals surface area contributed by atoms with E-state index in [0.29, 0.717) is 5.54 Å². The molecule has 1 saturated heterocycles. The normalized spacial score (nSPS) is 33.4. The lowest BCUT2D eigenvalue weighted by Crippen LogP contribution is -2.22. The van der Waals surface area contributed by atoms with Crippen molar-refractivity contribution in [1.29, 1.82) is 0 Å². The minimum atomic E-state index is 0.447. The van der Waals surface area contributed by atoms with Crippen LogP contribution in [-0.4, -0.2) is 12.1 Å². The van der Waals surface area contributed by atoms with Gasteiger partial charge in [0.1, 0.15) is 0 Å². The number of hydrogen-bond donors (Lipinski definition) is 1. The first-order chi connectivity index (χ1) is 4.73. The number of nitrogens with one attached hydrogen (secondary N) is 1. The van der Waals surface area contributed by atoms with E-state index >= 15 is 0 Å². The molecule has 0 aromatic rings. The predicted molar refractivity (Wildman–Crippen MR) is 45.0 cm³/mol. The number of rotatable bonds is 4. The average molecular weight is 139 g/mol. The third kappa shape index (κ3) is 1.40. The molecule has 0 amide bonds. The molecule has 0 spiro atoms. The van der Waals surface area contributed by atoms with Gasteiger partial charge in [-0.3, -0.25) is 0 Å². The van der Waals surface area contributed by atoms with Crippen molar-refractivity contribution in [2.24, 2.45) is 5.92 Å². The molecule has 10 heavy (non-hydrogen) atoms. The molecule has 58 valence electrons. The number of allylic oxidation sites excluding steroid dienone is 1. The fraction of sp³-hybridized carbons (Fsp3) is 0.778. The van der Waals surface area contributed by atoms with Gasteiger partial charge in [0.05, 0.1) is 0 Å². The first kappa shape index (κ1) is 7.80. The molecular formula is C9H17N. The Bertz CT molecular complexity index is 125. The van der Waals surface area contributed by atoms with Gasteiger partial charge in [-0.1, -0.05) is 19.4 Å². The van der Waals surface area contributed by atoms with E-state index in [0.717, 1.165) is 12.3 Å². The van der Waals surface area contributed by atoms with Crippen LogP contribution in [0.2, 0.25) is 0 Å². The van der Waals surface area contributed by atoms with Crippen LogP contribution in [-0.2, 0) is 0 Å². The number of hydrogen-bond acceptors (Lipinski definition) is 1. The summed E-state index contributed by atoms with van der Waals surface area (Å²) in [5.41, 5.74) is 0.447. The fourth-order valence-corrected chi connectivity index (χ4v) is 1.51. The Morgan fingerprint density at radius 2 is 2.40 bits per heavy atom. The van der Waals surface area contributed by atoms with Gasteiger partial charge in [0, 0.05) is 12.1 Å². The Kier molecular flexibility index (Phi) is 2.14. The molecule has 1 rings (SSSR count). The van der Waals surface area contributed by atoms with E-state index < -0.39 is 0 Å². The van der Waals surface area contributed by atoms with E-state index in [-0.39, 0.29) is 0 Å². The summed E-state index contributed by atoms with van der Waals surface area (Å²) < 4.78 is 0. The lowest BCUT2D eigenvalue weighted by atomic mass is 9.88. The fourth-order valence-electron chi connectivity index (χ4n) is 1.51. The van der Waals surface area contributed by atoms with Crippen molar-refractivity contribution >= 4 is 0 Å². The van der Waals surface area contributed by atoms with Gasteiger partial charge >= 0.3 is 0 Å². The second-order valence-corrected chi connectivity index (χ2v) is 3.40. The molecule has 1 N–H and O–H groups in total. The van der Waals surface area contributed by atoms with Crippen LogP contribution in [0.1, 0.15) is 26.7 Å². The van der Waals surface area contributed by atoms with E-state index in [1.807, 2.05) is 6.08 Å². The summed E-state index contributed by atoms with van der Waals surface area (Å²) in [5.74, 6) is 0.796. The molecular weight excluding hydrogens is 122 g/mol. The van der Waals surface area contributed by atoms with Crippen LogP contribution < -0.4 is 5.32 Å². The van der Waals surface area contributed by atoms with Crippen molar-refractivity contribution in [2.75, 3.05) is 6.54 Å². The highest BCUT2D eigenvalue weighted by Crippen LogP contribution is 2.31. The van der Waals surface area contributed by atoms with E-state index in [9.17, 15) is 0 Å². The molecule has 1 heteroatoms. The van der Waals surface area contributed by atoms with Gasteiger partial charge in [0.25, 0.3) is 0 Å². The van der Waals surface area contributed by atoms with Crippen LogP contribution in [0.15, 0.2) is 12.7 Å².